The molecule has 3 rings (SSSR count). The summed E-state index contributed by atoms with van der Waals surface area (Å²) >= 11 is 0. The van der Waals surface area contributed by atoms with Crippen molar-refractivity contribution in [3.05, 3.63) is 60.2 Å². The first kappa shape index (κ1) is 14.4. The predicted molar refractivity (Wildman–Crippen MR) is 87.4 cm³/mol. The fourth-order valence-electron chi connectivity index (χ4n) is 2.50. The van der Waals surface area contributed by atoms with Crippen LogP contribution in [0.1, 0.15) is 5.56 Å². The first-order chi connectivity index (χ1) is 10.5. The number of rotatable bonds is 3. The number of nitrogens with zero attached hydrogens (tertiary/aromatic N) is 1. The highest BCUT2D eigenvalue weighted by Gasteiger charge is 2.23. The van der Waals surface area contributed by atoms with E-state index in [1.165, 1.54) is 0 Å². The molecule has 110 valence electrons. The monoisotopic (exact) mass is 309 g/mol. The van der Waals surface area contributed by atoms with Crippen molar-refractivity contribution in [3.63, 3.8) is 0 Å². The van der Waals surface area contributed by atoms with Gasteiger partial charge in [-0.15, -0.1) is 6.42 Å². The number of aryl methyl sites for hydroxylation is 1. The van der Waals surface area contributed by atoms with E-state index in [9.17, 15) is 8.42 Å². The molecule has 4 heteroatoms. The predicted octanol–water partition coefficient (Wildman–Crippen LogP) is 3.42. The minimum absolute atomic E-state index is 0.216. The molecule has 1 aromatic heterocycles. The molecule has 0 saturated heterocycles. The summed E-state index contributed by atoms with van der Waals surface area (Å²) < 4.78 is 27.5. The molecule has 2 aromatic carbocycles. The molecule has 0 unspecified atom stereocenters. The Kier molecular flexibility index (Phi) is 3.51. The number of hydrogen-bond acceptors (Lipinski definition) is 2. The van der Waals surface area contributed by atoms with Crippen molar-refractivity contribution in [1.29, 1.82) is 0 Å². The fraction of sp³-hybridized carbons (Fsp3) is 0.111. The lowest BCUT2D eigenvalue weighted by molar-refractivity contribution is 0.585. The zero-order valence-electron chi connectivity index (χ0n) is 12.2. The Balaban J connectivity index is 2.27. The van der Waals surface area contributed by atoms with Gasteiger partial charge in [0.2, 0.25) is 9.84 Å². The molecule has 0 aliphatic heterocycles. The van der Waals surface area contributed by atoms with Crippen LogP contribution in [-0.2, 0) is 16.4 Å². The molecular weight excluding hydrogens is 294 g/mol. The van der Waals surface area contributed by atoms with Crippen LogP contribution in [0.25, 0.3) is 10.9 Å². The average molecular weight is 309 g/mol. The third kappa shape index (κ3) is 2.30. The highest BCUT2D eigenvalue weighted by Crippen LogP contribution is 2.28. The van der Waals surface area contributed by atoms with Crippen LogP contribution in [0, 0.1) is 19.3 Å². The lowest BCUT2D eigenvalue weighted by Crippen LogP contribution is -2.09. The largest absolute Gasteiger partial charge is 0.320 e. The van der Waals surface area contributed by atoms with Crippen LogP contribution in [-0.4, -0.2) is 13.0 Å². The van der Waals surface area contributed by atoms with Crippen LogP contribution in [0.15, 0.2) is 64.5 Å². The molecule has 0 aliphatic rings. The van der Waals surface area contributed by atoms with Gasteiger partial charge in [0, 0.05) is 10.9 Å². The van der Waals surface area contributed by atoms with Crippen LogP contribution in [0.2, 0.25) is 0 Å². The average Bonchev–Trinajstić information content (AvgIpc) is 2.88. The van der Waals surface area contributed by atoms with Gasteiger partial charge in [-0.1, -0.05) is 41.8 Å². The third-order valence-corrected chi connectivity index (χ3v) is 5.41. The first-order valence-electron chi connectivity index (χ1n) is 6.87. The maximum absolute atomic E-state index is 12.9. The van der Waals surface area contributed by atoms with Gasteiger partial charge in [0.25, 0.3) is 0 Å². The molecule has 3 aromatic rings. The number of benzene rings is 2. The first-order valence-corrected chi connectivity index (χ1v) is 8.36. The van der Waals surface area contributed by atoms with Gasteiger partial charge in [-0.3, -0.25) is 0 Å². The smallest absolute Gasteiger partial charge is 0.222 e. The van der Waals surface area contributed by atoms with Crippen molar-refractivity contribution < 1.29 is 8.42 Å². The maximum Gasteiger partial charge on any atom is 0.222 e. The Hall–Kier alpha value is -2.51. The second-order valence-corrected chi connectivity index (χ2v) is 7.04. The summed E-state index contributed by atoms with van der Waals surface area (Å²) in [5.74, 6) is 2.53. The van der Waals surface area contributed by atoms with E-state index in [-0.39, 0.29) is 16.5 Å². The zero-order valence-corrected chi connectivity index (χ0v) is 13.0. The van der Waals surface area contributed by atoms with E-state index in [0.717, 1.165) is 16.5 Å². The molecule has 0 bridgehead atoms. The van der Waals surface area contributed by atoms with Crippen molar-refractivity contribution in [2.24, 2.45) is 0 Å². The van der Waals surface area contributed by atoms with Crippen LogP contribution in [0.5, 0.6) is 0 Å². The molecule has 1 heterocycles. The van der Waals surface area contributed by atoms with E-state index in [1.807, 2.05) is 31.2 Å². The summed E-state index contributed by atoms with van der Waals surface area (Å²) in [6.45, 7) is 2.14. The van der Waals surface area contributed by atoms with E-state index in [2.05, 4.69) is 5.92 Å². The second kappa shape index (κ2) is 5.36. The van der Waals surface area contributed by atoms with E-state index < -0.39 is 9.84 Å². The SMILES string of the molecule is C#CCn1c(S(=O)(=O)c2ccc(C)cc2)cc2ccccc21. The minimum atomic E-state index is -3.60. The summed E-state index contributed by atoms with van der Waals surface area (Å²) in [4.78, 5) is 0.277. The van der Waals surface area contributed by atoms with Gasteiger partial charge in [-0.2, -0.15) is 0 Å². The molecule has 22 heavy (non-hydrogen) atoms. The van der Waals surface area contributed by atoms with Crippen LogP contribution >= 0.6 is 0 Å². The van der Waals surface area contributed by atoms with Gasteiger partial charge in [0.05, 0.1) is 11.4 Å². The molecule has 0 spiro atoms. The van der Waals surface area contributed by atoms with E-state index >= 15 is 0 Å². The van der Waals surface area contributed by atoms with Gasteiger partial charge < -0.3 is 4.57 Å². The van der Waals surface area contributed by atoms with Crippen LogP contribution in [0.3, 0.4) is 0 Å². The zero-order chi connectivity index (χ0) is 15.7. The molecule has 0 N–H and O–H groups in total. The van der Waals surface area contributed by atoms with Crippen LogP contribution < -0.4 is 0 Å². The standard InChI is InChI=1S/C18H15NO2S/c1-3-12-19-17-7-5-4-6-15(17)13-18(19)22(20,21)16-10-8-14(2)9-11-16/h1,4-11,13H,12H2,2H3. The van der Waals surface area contributed by atoms with Crippen molar-refractivity contribution >= 4 is 20.7 Å². The number of fused-ring (bicyclic) bond motifs is 1. The summed E-state index contributed by atoms with van der Waals surface area (Å²) in [7, 11) is -3.60. The molecule has 0 fully saturated rings. The van der Waals surface area contributed by atoms with E-state index in [1.54, 1.807) is 34.9 Å². The molecule has 0 radical (unpaired) electrons. The minimum Gasteiger partial charge on any atom is -0.320 e. The lowest BCUT2D eigenvalue weighted by atomic mass is 10.2. The van der Waals surface area contributed by atoms with E-state index in [4.69, 9.17) is 6.42 Å². The van der Waals surface area contributed by atoms with Gasteiger partial charge >= 0.3 is 0 Å². The summed E-state index contributed by atoms with van der Waals surface area (Å²) in [5.41, 5.74) is 1.84. The number of para-hydroxylation sites is 1. The number of sulfone groups is 1. The van der Waals surface area contributed by atoms with Gasteiger partial charge in [-0.25, -0.2) is 8.42 Å². The third-order valence-electron chi connectivity index (χ3n) is 3.63. The topological polar surface area (TPSA) is 39.1 Å². The molecule has 3 nitrogen and oxygen atoms in total. The van der Waals surface area contributed by atoms with Crippen molar-refractivity contribution in [1.82, 2.24) is 4.57 Å². The fourth-order valence-corrected chi connectivity index (χ4v) is 3.97. The van der Waals surface area contributed by atoms with Crippen molar-refractivity contribution in [3.8, 4) is 12.3 Å². The van der Waals surface area contributed by atoms with Gasteiger partial charge in [0.15, 0.2) is 0 Å². The summed E-state index contributed by atoms with van der Waals surface area (Å²) in [5, 5.41) is 1.10. The Morgan fingerprint density at radius 3 is 2.45 bits per heavy atom. The van der Waals surface area contributed by atoms with Crippen LogP contribution in [0.4, 0.5) is 0 Å². The van der Waals surface area contributed by atoms with Crippen molar-refractivity contribution in [2.45, 2.75) is 23.4 Å². The maximum atomic E-state index is 12.9. The lowest BCUT2D eigenvalue weighted by Gasteiger charge is -2.09. The molecule has 0 atom stereocenters. The Morgan fingerprint density at radius 1 is 1.09 bits per heavy atom. The molecular formula is C18H15NO2S. The Morgan fingerprint density at radius 2 is 1.77 bits per heavy atom. The number of aromatic nitrogens is 1. The quantitative estimate of drug-likeness (QED) is 0.695. The van der Waals surface area contributed by atoms with E-state index in [0.29, 0.717) is 0 Å². The normalized spacial score (nSPS) is 11.5. The highest BCUT2D eigenvalue weighted by molar-refractivity contribution is 7.91. The molecule has 0 saturated carbocycles. The highest BCUT2D eigenvalue weighted by atomic mass is 32.2. The van der Waals surface area contributed by atoms with Gasteiger partial charge in [-0.05, 0) is 31.2 Å². The van der Waals surface area contributed by atoms with Crippen molar-refractivity contribution in [2.75, 3.05) is 0 Å². The summed E-state index contributed by atoms with van der Waals surface area (Å²) in [6.07, 6.45) is 5.42. The molecule has 0 aliphatic carbocycles. The number of terminal acetylenes is 1. The number of hydrogen-bond donors (Lipinski definition) is 0. The Bertz CT molecular complexity index is 974. The molecule has 0 amide bonds. The summed E-state index contributed by atoms with van der Waals surface area (Å²) in [6, 6.07) is 16.0. The van der Waals surface area contributed by atoms with Gasteiger partial charge in [0.1, 0.15) is 5.03 Å². The Labute approximate surface area is 130 Å². The second-order valence-electron chi connectivity index (χ2n) is 5.15.